The van der Waals surface area contributed by atoms with E-state index in [1.54, 1.807) is 0 Å². The van der Waals surface area contributed by atoms with Crippen molar-refractivity contribution in [2.75, 3.05) is 13.2 Å². The predicted octanol–water partition coefficient (Wildman–Crippen LogP) is 6.48. The van der Waals surface area contributed by atoms with Crippen LogP contribution in [0.15, 0.2) is 112 Å². The standard InChI is InChI=1S/C34H33N3O5S/c1-23-31(33(39)41-21-24-10-4-2-5-11-24)32(25-12-8-15-28(18-25)42-27-13-6-3-7-14-27)37-26(22-43-34(37)36-23)19-30(38)35-20-29-16-9-17-40-29/h2-8,10-15,18,22,29,32H,9,16-17,19-21H2,1H3,(H,35,38)/t29-,32-/m1/s1. The number of carbonyl (C=O) groups excluding carboxylic acids is 2. The molecule has 0 aliphatic carbocycles. The van der Waals surface area contributed by atoms with Gasteiger partial charge in [-0.05, 0) is 60.6 Å². The molecule has 0 aromatic heterocycles. The van der Waals surface area contributed by atoms with Gasteiger partial charge in [0.2, 0.25) is 5.91 Å². The molecular formula is C34H33N3O5S. The van der Waals surface area contributed by atoms with Crippen LogP contribution in [0.2, 0.25) is 0 Å². The zero-order valence-corrected chi connectivity index (χ0v) is 24.7. The van der Waals surface area contributed by atoms with E-state index < -0.39 is 12.0 Å². The lowest BCUT2D eigenvalue weighted by molar-refractivity contribution is -0.141. The largest absolute Gasteiger partial charge is 0.457 e. The van der Waals surface area contributed by atoms with Gasteiger partial charge in [0.25, 0.3) is 0 Å². The number of thioether (sulfide) groups is 1. The van der Waals surface area contributed by atoms with Gasteiger partial charge >= 0.3 is 5.97 Å². The molecule has 9 heteroatoms. The molecule has 2 atom stereocenters. The van der Waals surface area contributed by atoms with E-state index in [0.717, 1.165) is 36.3 Å². The van der Waals surface area contributed by atoms with Crippen molar-refractivity contribution in [2.45, 2.75) is 44.9 Å². The Hall–Kier alpha value is -4.34. The second-order valence-corrected chi connectivity index (χ2v) is 11.4. The summed E-state index contributed by atoms with van der Waals surface area (Å²) in [7, 11) is 0. The Morgan fingerprint density at radius 3 is 2.56 bits per heavy atom. The number of allylic oxidation sites excluding steroid dienone is 1. The summed E-state index contributed by atoms with van der Waals surface area (Å²) in [6.07, 6.45) is 2.16. The van der Waals surface area contributed by atoms with Gasteiger partial charge in [-0.2, -0.15) is 0 Å². The number of benzene rings is 3. The number of carbonyl (C=O) groups is 2. The van der Waals surface area contributed by atoms with E-state index in [-0.39, 0.29) is 25.0 Å². The number of hydrogen-bond donors (Lipinski definition) is 1. The average molecular weight is 596 g/mol. The van der Waals surface area contributed by atoms with Gasteiger partial charge in [-0.15, -0.1) is 0 Å². The summed E-state index contributed by atoms with van der Waals surface area (Å²) in [6, 6.07) is 26.2. The van der Waals surface area contributed by atoms with Crippen molar-refractivity contribution < 1.29 is 23.8 Å². The molecule has 1 amide bonds. The van der Waals surface area contributed by atoms with Crippen LogP contribution in [0.4, 0.5) is 0 Å². The second-order valence-electron chi connectivity index (χ2n) is 10.6. The molecule has 3 aromatic rings. The van der Waals surface area contributed by atoms with Crippen molar-refractivity contribution in [3.8, 4) is 11.5 Å². The van der Waals surface area contributed by atoms with Gasteiger partial charge in [-0.1, -0.05) is 72.4 Å². The minimum Gasteiger partial charge on any atom is -0.457 e. The zero-order chi connectivity index (χ0) is 29.6. The molecule has 0 bridgehead atoms. The molecule has 220 valence electrons. The van der Waals surface area contributed by atoms with E-state index in [9.17, 15) is 9.59 Å². The summed E-state index contributed by atoms with van der Waals surface area (Å²) in [5.41, 5.74) is 3.47. The maximum Gasteiger partial charge on any atom is 0.338 e. The highest BCUT2D eigenvalue weighted by atomic mass is 32.2. The van der Waals surface area contributed by atoms with Crippen LogP contribution in [-0.2, 0) is 25.7 Å². The Labute approximate surface area is 255 Å². The fourth-order valence-electron chi connectivity index (χ4n) is 5.38. The number of aliphatic imine (C=N–C) groups is 1. The van der Waals surface area contributed by atoms with E-state index in [0.29, 0.717) is 34.5 Å². The van der Waals surface area contributed by atoms with Gasteiger partial charge in [0.05, 0.1) is 29.8 Å². The first-order valence-corrected chi connectivity index (χ1v) is 15.3. The van der Waals surface area contributed by atoms with Gasteiger partial charge in [-0.25, -0.2) is 9.79 Å². The highest BCUT2D eigenvalue weighted by Crippen LogP contribution is 2.45. The number of nitrogens with one attached hydrogen (secondary N) is 1. The molecule has 8 nitrogen and oxygen atoms in total. The molecule has 0 saturated carbocycles. The maximum atomic E-state index is 13.8. The third kappa shape index (κ3) is 6.84. The van der Waals surface area contributed by atoms with Crippen LogP contribution >= 0.6 is 11.8 Å². The first-order valence-electron chi connectivity index (χ1n) is 14.4. The highest BCUT2D eigenvalue weighted by molar-refractivity contribution is 8.16. The summed E-state index contributed by atoms with van der Waals surface area (Å²) in [6.45, 7) is 3.19. The first kappa shape index (κ1) is 28.8. The fourth-order valence-corrected chi connectivity index (χ4v) is 6.34. The Balaban J connectivity index is 1.29. The number of fused-ring (bicyclic) bond motifs is 1. The van der Waals surface area contributed by atoms with Crippen LogP contribution in [0.5, 0.6) is 11.5 Å². The number of ether oxygens (including phenoxy) is 3. The molecular weight excluding hydrogens is 562 g/mol. The van der Waals surface area contributed by atoms with Crippen LogP contribution in [0, 0.1) is 0 Å². The van der Waals surface area contributed by atoms with Gasteiger partial charge in [-0.3, -0.25) is 4.79 Å². The van der Waals surface area contributed by atoms with Crippen LogP contribution < -0.4 is 10.1 Å². The van der Waals surface area contributed by atoms with Crippen molar-refractivity contribution >= 4 is 28.8 Å². The number of rotatable bonds is 10. The first-order chi connectivity index (χ1) is 21.0. The van der Waals surface area contributed by atoms with E-state index in [4.69, 9.17) is 19.2 Å². The van der Waals surface area contributed by atoms with Crippen LogP contribution in [0.1, 0.15) is 43.4 Å². The molecule has 0 spiro atoms. The van der Waals surface area contributed by atoms with E-state index in [2.05, 4.69) is 5.32 Å². The molecule has 1 N–H and O–H groups in total. The lowest BCUT2D eigenvalue weighted by Gasteiger charge is -2.36. The third-order valence-corrected chi connectivity index (χ3v) is 8.37. The summed E-state index contributed by atoms with van der Waals surface area (Å²) < 4.78 is 17.6. The highest BCUT2D eigenvalue weighted by Gasteiger charge is 2.41. The predicted molar refractivity (Wildman–Crippen MR) is 166 cm³/mol. The summed E-state index contributed by atoms with van der Waals surface area (Å²) in [5.74, 6) is 0.778. The van der Waals surface area contributed by atoms with Gasteiger partial charge in [0.15, 0.2) is 5.17 Å². The number of amides is 1. The lowest BCUT2D eigenvalue weighted by Crippen LogP contribution is -2.38. The maximum absolute atomic E-state index is 13.8. The quantitative estimate of drug-likeness (QED) is 0.268. The average Bonchev–Trinajstić information content (AvgIpc) is 3.69. The summed E-state index contributed by atoms with van der Waals surface area (Å²) in [5, 5.41) is 5.66. The molecule has 43 heavy (non-hydrogen) atoms. The smallest absolute Gasteiger partial charge is 0.338 e. The molecule has 0 unspecified atom stereocenters. The van der Waals surface area contributed by atoms with Crippen molar-refractivity contribution in [3.05, 3.63) is 118 Å². The van der Waals surface area contributed by atoms with Gasteiger partial charge < -0.3 is 24.4 Å². The van der Waals surface area contributed by atoms with Crippen molar-refractivity contribution in [3.63, 3.8) is 0 Å². The van der Waals surface area contributed by atoms with E-state index in [1.807, 2.05) is 102 Å². The van der Waals surface area contributed by atoms with Crippen molar-refractivity contribution in [1.29, 1.82) is 0 Å². The number of nitrogens with zero attached hydrogens (tertiary/aromatic N) is 2. The zero-order valence-electron chi connectivity index (χ0n) is 23.9. The minimum atomic E-state index is -0.567. The van der Waals surface area contributed by atoms with Crippen molar-refractivity contribution in [2.24, 2.45) is 4.99 Å². The van der Waals surface area contributed by atoms with Crippen LogP contribution in [0.25, 0.3) is 0 Å². The Kier molecular flexibility index (Phi) is 8.91. The Morgan fingerprint density at radius 1 is 1.02 bits per heavy atom. The normalized spacial score (nSPS) is 19.4. The molecule has 3 aromatic carbocycles. The number of esters is 1. The van der Waals surface area contributed by atoms with Crippen molar-refractivity contribution in [1.82, 2.24) is 10.2 Å². The number of amidine groups is 1. The molecule has 3 aliphatic rings. The summed E-state index contributed by atoms with van der Waals surface area (Å²) >= 11 is 1.44. The van der Waals surface area contributed by atoms with E-state index >= 15 is 0 Å². The molecule has 3 aliphatic heterocycles. The van der Waals surface area contributed by atoms with Gasteiger partial charge in [0.1, 0.15) is 18.1 Å². The minimum absolute atomic E-state index is 0.0552. The Bertz CT molecular complexity index is 1570. The molecule has 0 radical (unpaired) electrons. The second kappa shape index (κ2) is 13.3. The third-order valence-electron chi connectivity index (χ3n) is 7.48. The fraction of sp³-hybridized carbons (Fsp3) is 0.265. The molecule has 6 rings (SSSR count). The topological polar surface area (TPSA) is 89.5 Å². The number of hydrogen-bond acceptors (Lipinski definition) is 8. The summed E-state index contributed by atoms with van der Waals surface area (Å²) in [4.78, 5) is 33.6. The lowest BCUT2D eigenvalue weighted by atomic mass is 9.93. The molecule has 3 heterocycles. The number of para-hydroxylation sites is 1. The van der Waals surface area contributed by atoms with Gasteiger partial charge in [0, 0.05) is 18.8 Å². The molecule has 1 saturated heterocycles. The van der Waals surface area contributed by atoms with Crippen LogP contribution in [-0.4, -0.2) is 41.2 Å². The Morgan fingerprint density at radius 2 is 1.79 bits per heavy atom. The monoisotopic (exact) mass is 595 g/mol. The molecule has 1 fully saturated rings. The van der Waals surface area contributed by atoms with E-state index in [1.165, 1.54) is 11.8 Å². The SMILES string of the molecule is CC1=C(C(=O)OCc2ccccc2)[C@@H](c2cccc(Oc3ccccc3)c2)N2C(CC(=O)NC[C@H]3CCCO3)=CSC2=N1. The van der Waals surface area contributed by atoms with Crippen LogP contribution in [0.3, 0.4) is 0 Å².